The van der Waals surface area contributed by atoms with Crippen molar-refractivity contribution >= 4 is 17.8 Å². The van der Waals surface area contributed by atoms with Crippen LogP contribution in [-0.4, -0.2) is 59.6 Å². The molecule has 0 bridgehead atoms. The molecule has 0 radical (unpaired) electrons. The zero-order valence-electron chi connectivity index (χ0n) is 15.1. The van der Waals surface area contributed by atoms with Crippen molar-refractivity contribution in [1.29, 1.82) is 0 Å². The number of carbonyl (C=O) groups is 3. The monoisotopic (exact) mass is 342 g/mol. The van der Waals surface area contributed by atoms with E-state index in [1.165, 1.54) is 6.92 Å². The van der Waals surface area contributed by atoms with E-state index in [1.54, 1.807) is 6.92 Å². The Bertz CT molecular complexity index is 454. The van der Waals surface area contributed by atoms with Crippen LogP contribution in [0.3, 0.4) is 0 Å². The van der Waals surface area contributed by atoms with Gasteiger partial charge >= 0.3 is 11.9 Å². The second-order valence-electron chi connectivity index (χ2n) is 6.53. The van der Waals surface area contributed by atoms with Gasteiger partial charge in [0.05, 0.1) is 12.5 Å². The molecule has 0 spiro atoms. The Kier molecular flexibility index (Phi) is 8.18. The lowest BCUT2D eigenvalue weighted by atomic mass is 9.95. The van der Waals surface area contributed by atoms with E-state index >= 15 is 0 Å². The van der Waals surface area contributed by atoms with Crippen LogP contribution in [0.15, 0.2) is 0 Å². The van der Waals surface area contributed by atoms with Crippen LogP contribution in [0.1, 0.15) is 47.0 Å². The third-order valence-electron chi connectivity index (χ3n) is 4.57. The summed E-state index contributed by atoms with van der Waals surface area (Å²) in [5, 5.41) is 12.4. The van der Waals surface area contributed by atoms with Crippen molar-refractivity contribution in [2.24, 2.45) is 11.8 Å². The molecule has 4 atom stereocenters. The first-order valence-electron chi connectivity index (χ1n) is 8.70. The first-order chi connectivity index (χ1) is 11.3. The fourth-order valence-electron chi connectivity index (χ4n) is 3.40. The van der Waals surface area contributed by atoms with Gasteiger partial charge in [-0.2, -0.15) is 0 Å². The molecular formula is C17H30N2O5. The molecule has 1 aliphatic rings. The van der Waals surface area contributed by atoms with Crippen LogP contribution in [0.25, 0.3) is 0 Å². The molecule has 2 N–H and O–H groups in total. The number of esters is 1. The molecule has 1 aliphatic heterocycles. The first kappa shape index (κ1) is 20.4. The molecule has 1 saturated heterocycles. The average molecular weight is 342 g/mol. The molecule has 138 valence electrons. The van der Waals surface area contributed by atoms with E-state index in [2.05, 4.69) is 12.2 Å². The predicted octanol–water partition coefficient (Wildman–Crippen LogP) is 1.27. The number of hydrogen-bond donors (Lipinski definition) is 2. The van der Waals surface area contributed by atoms with Crippen LogP contribution in [0.2, 0.25) is 0 Å². The third-order valence-corrected chi connectivity index (χ3v) is 4.57. The van der Waals surface area contributed by atoms with Crippen molar-refractivity contribution in [3.05, 3.63) is 0 Å². The van der Waals surface area contributed by atoms with Gasteiger partial charge in [0.2, 0.25) is 5.91 Å². The minimum Gasteiger partial charge on any atom is -0.480 e. The number of carbonyl (C=O) groups excluding carboxylic acids is 2. The number of nitrogens with one attached hydrogen (secondary N) is 1. The van der Waals surface area contributed by atoms with Crippen molar-refractivity contribution in [3.63, 3.8) is 0 Å². The summed E-state index contributed by atoms with van der Waals surface area (Å²) in [5.74, 6) is -1.59. The highest BCUT2D eigenvalue weighted by atomic mass is 16.5. The molecule has 1 amide bonds. The summed E-state index contributed by atoms with van der Waals surface area (Å²) >= 11 is 0. The summed E-state index contributed by atoms with van der Waals surface area (Å²) in [6.45, 7) is 8.46. The fraction of sp³-hybridized carbons (Fsp3) is 0.824. The molecule has 0 aromatic rings. The van der Waals surface area contributed by atoms with Gasteiger partial charge in [-0.25, -0.2) is 0 Å². The van der Waals surface area contributed by atoms with Crippen LogP contribution >= 0.6 is 0 Å². The number of nitrogens with zero attached hydrogens (tertiary/aromatic N) is 1. The predicted molar refractivity (Wildman–Crippen MR) is 89.4 cm³/mol. The highest BCUT2D eigenvalue weighted by Gasteiger charge is 2.41. The molecule has 0 aliphatic carbocycles. The summed E-state index contributed by atoms with van der Waals surface area (Å²) in [6, 6.07) is -0.721. The zero-order chi connectivity index (χ0) is 18.3. The minimum absolute atomic E-state index is 0.0430. The molecule has 0 aromatic carbocycles. The van der Waals surface area contributed by atoms with Gasteiger partial charge in [0.1, 0.15) is 6.04 Å². The zero-order valence-corrected chi connectivity index (χ0v) is 15.1. The lowest BCUT2D eigenvalue weighted by molar-refractivity contribution is -0.147. The van der Waals surface area contributed by atoms with Gasteiger partial charge < -0.3 is 15.2 Å². The summed E-state index contributed by atoms with van der Waals surface area (Å²) in [7, 11) is 0. The van der Waals surface area contributed by atoms with Crippen LogP contribution < -0.4 is 5.32 Å². The van der Waals surface area contributed by atoms with Gasteiger partial charge in [-0.15, -0.1) is 0 Å². The van der Waals surface area contributed by atoms with Gasteiger partial charge in [-0.3, -0.25) is 19.3 Å². The number of carboxylic acids is 1. The smallest absolute Gasteiger partial charge is 0.320 e. The fourth-order valence-corrected chi connectivity index (χ4v) is 3.40. The maximum Gasteiger partial charge on any atom is 0.320 e. The van der Waals surface area contributed by atoms with E-state index in [4.69, 9.17) is 4.74 Å². The van der Waals surface area contributed by atoms with Crippen molar-refractivity contribution in [1.82, 2.24) is 10.2 Å². The maximum absolute atomic E-state index is 12.0. The van der Waals surface area contributed by atoms with E-state index in [-0.39, 0.29) is 30.3 Å². The quantitative estimate of drug-likeness (QED) is 0.613. The third kappa shape index (κ3) is 5.78. The highest BCUT2D eigenvalue weighted by Crippen LogP contribution is 2.27. The van der Waals surface area contributed by atoms with Crippen molar-refractivity contribution < 1.29 is 24.2 Å². The van der Waals surface area contributed by atoms with E-state index < -0.39 is 17.9 Å². The van der Waals surface area contributed by atoms with E-state index in [9.17, 15) is 19.5 Å². The lowest BCUT2D eigenvalue weighted by Crippen LogP contribution is -2.45. The number of aliphatic carboxylic acids is 1. The molecule has 1 fully saturated rings. The van der Waals surface area contributed by atoms with E-state index in [1.807, 2.05) is 11.8 Å². The van der Waals surface area contributed by atoms with Crippen LogP contribution in [0, 0.1) is 11.8 Å². The second kappa shape index (κ2) is 9.61. The Hall–Kier alpha value is -1.63. The number of likely N-dealkylation sites (tertiary alicyclic amines) is 1. The molecule has 1 rings (SSSR count). The number of rotatable bonds is 9. The Morgan fingerprint density at radius 3 is 2.50 bits per heavy atom. The number of amides is 1. The largest absolute Gasteiger partial charge is 0.480 e. The van der Waals surface area contributed by atoms with Gasteiger partial charge in [0.15, 0.2) is 0 Å². The van der Waals surface area contributed by atoms with E-state index in [0.717, 1.165) is 12.8 Å². The highest BCUT2D eigenvalue weighted by molar-refractivity contribution is 5.78. The molecule has 4 unspecified atom stereocenters. The summed E-state index contributed by atoms with van der Waals surface area (Å²) in [4.78, 5) is 36.7. The number of ether oxygens (including phenoxy) is 1. The molecule has 7 heteroatoms. The topological polar surface area (TPSA) is 95.9 Å². The Balaban J connectivity index is 2.80. The standard InChI is InChI=1S/C17H30N2O5/c1-5-7-13(11(3)18-12(4)20)9-19-10-14(17(23)24-6-2)8-15(19)16(21)22/h11,13-15H,5-10H2,1-4H3,(H,18,20)(H,21,22). The summed E-state index contributed by atoms with van der Waals surface area (Å²) in [5.41, 5.74) is 0. The maximum atomic E-state index is 12.0. The van der Waals surface area contributed by atoms with Gasteiger partial charge in [-0.05, 0) is 32.6 Å². The molecule has 1 heterocycles. The number of hydrogen-bond acceptors (Lipinski definition) is 5. The Labute approximate surface area is 143 Å². The van der Waals surface area contributed by atoms with Crippen LogP contribution in [0.4, 0.5) is 0 Å². The molecule has 0 saturated carbocycles. The van der Waals surface area contributed by atoms with Crippen LogP contribution in [-0.2, 0) is 19.1 Å². The van der Waals surface area contributed by atoms with Gasteiger partial charge in [-0.1, -0.05) is 13.3 Å². The van der Waals surface area contributed by atoms with Crippen molar-refractivity contribution in [3.8, 4) is 0 Å². The van der Waals surface area contributed by atoms with E-state index in [0.29, 0.717) is 19.7 Å². The number of carboxylic acid groups (broad SMARTS) is 1. The van der Waals surface area contributed by atoms with Crippen molar-refractivity contribution in [2.45, 2.75) is 59.0 Å². The van der Waals surface area contributed by atoms with Crippen LogP contribution in [0.5, 0.6) is 0 Å². The van der Waals surface area contributed by atoms with Gasteiger partial charge in [0, 0.05) is 26.1 Å². The molecule has 7 nitrogen and oxygen atoms in total. The summed E-state index contributed by atoms with van der Waals surface area (Å²) < 4.78 is 5.04. The lowest BCUT2D eigenvalue weighted by Gasteiger charge is -2.30. The molecule has 24 heavy (non-hydrogen) atoms. The van der Waals surface area contributed by atoms with Crippen molar-refractivity contribution in [2.75, 3.05) is 19.7 Å². The SMILES string of the molecule is CCCC(CN1CC(C(=O)OCC)CC1C(=O)O)C(C)NC(C)=O. The Morgan fingerprint density at radius 1 is 1.33 bits per heavy atom. The molecule has 0 aromatic heterocycles. The molecular weight excluding hydrogens is 312 g/mol. The first-order valence-corrected chi connectivity index (χ1v) is 8.70. The second-order valence-corrected chi connectivity index (χ2v) is 6.53. The summed E-state index contributed by atoms with van der Waals surface area (Å²) in [6.07, 6.45) is 2.11. The van der Waals surface area contributed by atoms with Gasteiger partial charge in [0.25, 0.3) is 0 Å². The average Bonchev–Trinajstić information content (AvgIpc) is 2.90. The Morgan fingerprint density at radius 2 is 2.00 bits per heavy atom. The normalized spacial score (nSPS) is 23.5. The minimum atomic E-state index is -0.913.